The molecule has 1 aromatic rings. The zero-order chi connectivity index (χ0) is 15.6. The lowest BCUT2D eigenvalue weighted by molar-refractivity contribution is -0.121. The average Bonchev–Trinajstić information content (AvgIpc) is 2.70. The predicted molar refractivity (Wildman–Crippen MR) is 89.7 cm³/mol. The molecule has 1 N–H and O–H groups in total. The Bertz CT molecular complexity index is 658. The van der Waals surface area contributed by atoms with Crippen molar-refractivity contribution in [2.45, 2.75) is 0 Å². The highest BCUT2D eigenvalue weighted by atomic mass is 35.5. The van der Waals surface area contributed by atoms with Crippen molar-refractivity contribution in [1.29, 1.82) is 0 Å². The van der Waals surface area contributed by atoms with Crippen LogP contribution in [0.2, 0.25) is 5.02 Å². The van der Waals surface area contributed by atoms with Crippen LogP contribution < -0.4 is 4.74 Å². The molecule has 0 saturated carbocycles. The Labute approximate surface area is 137 Å². The molecule has 7 heteroatoms. The molecule has 110 valence electrons. The van der Waals surface area contributed by atoms with E-state index in [2.05, 4.69) is 6.58 Å². The summed E-state index contributed by atoms with van der Waals surface area (Å²) in [7, 11) is 1.43. The minimum atomic E-state index is -0.219. The number of halogens is 1. The molecule has 1 fully saturated rings. The summed E-state index contributed by atoms with van der Waals surface area (Å²) in [5.41, 5.74) is 0.401. The fraction of sp³-hybridized carbons (Fsp3) is 0.143. The summed E-state index contributed by atoms with van der Waals surface area (Å²) >= 11 is 12.3. The number of phenols is 1. The van der Waals surface area contributed by atoms with Gasteiger partial charge in [0.1, 0.15) is 4.32 Å². The Kier molecular flexibility index (Phi) is 4.92. The van der Waals surface area contributed by atoms with E-state index >= 15 is 0 Å². The van der Waals surface area contributed by atoms with Crippen molar-refractivity contribution in [3.8, 4) is 11.5 Å². The number of carbonyl (C=O) groups excluding carboxylic acids is 1. The van der Waals surface area contributed by atoms with Gasteiger partial charge in [-0.15, -0.1) is 6.58 Å². The summed E-state index contributed by atoms with van der Waals surface area (Å²) < 4.78 is 5.49. The molecule has 1 aliphatic rings. The number of phenolic OH excluding ortho intramolecular Hbond substituents is 1. The summed E-state index contributed by atoms with van der Waals surface area (Å²) in [5, 5.41) is 10.5. The van der Waals surface area contributed by atoms with Gasteiger partial charge in [0.15, 0.2) is 11.5 Å². The molecule has 0 aromatic heterocycles. The van der Waals surface area contributed by atoms with Crippen molar-refractivity contribution in [2.24, 2.45) is 0 Å². The third kappa shape index (κ3) is 3.23. The summed E-state index contributed by atoms with van der Waals surface area (Å²) in [6.07, 6.45) is 3.15. The standard InChI is InChI=1S/C14H12ClNO3S2/c1-3-4-16-13(18)11(21-14(16)20)6-8-5-9(15)7-10(19-2)12(8)17/h3,5-7,17H,1,4H2,2H3. The Morgan fingerprint density at radius 3 is 2.90 bits per heavy atom. The van der Waals surface area contributed by atoms with Gasteiger partial charge in [0, 0.05) is 23.2 Å². The van der Waals surface area contributed by atoms with Crippen LogP contribution in [0.15, 0.2) is 29.7 Å². The minimum Gasteiger partial charge on any atom is -0.504 e. The molecule has 0 bridgehead atoms. The number of carbonyl (C=O) groups is 1. The zero-order valence-electron chi connectivity index (χ0n) is 11.1. The smallest absolute Gasteiger partial charge is 0.266 e. The van der Waals surface area contributed by atoms with Gasteiger partial charge in [0.05, 0.1) is 12.0 Å². The van der Waals surface area contributed by atoms with Crippen LogP contribution >= 0.6 is 35.6 Å². The summed E-state index contributed by atoms with van der Waals surface area (Å²) in [4.78, 5) is 14.1. The first-order valence-corrected chi connectivity index (χ1v) is 7.51. The Balaban J connectivity index is 2.41. The number of thioether (sulfide) groups is 1. The lowest BCUT2D eigenvalue weighted by Gasteiger charge is -2.10. The van der Waals surface area contributed by atoms with Crippen LogP contribution in [-0.2, 0) is 4.79 Å². The van der Waals surface area contributed by atoms with Gasteiger partial charge in [-0.05, 0) is 12.1 Å². The number of methoxy groups -OCH3 is 1. The van der Waals surface area contributed by atoms with Gasteiger partial charge in [-0.1, -0.05) is 41.7 Å². The summed E-state index contributed by atoms with van der Waals surface area (Å²) in [6, 6.07) is 3.05. The normalized spacial score (nSPS) is 16.7. The highest BCUT2D eigenvalue weighted by Crippen LogP contribution is 2.38. The molecule has 2 rings (SSSR count). The van der Waals surface area contributed by atoms with Gasteiger partial charge in [-0.2, -0.15) is 0 Å². The maximum absolute atomic E-state index is 12.2. The van der Waals surface area contributed by atoms with Gasteiger partial charge in [-0.25, -0.2) is 0 Å². The number of amides is 1. The van der Waals surface area contributed by atoms with E-state index in [0.717, 1.165) is 0 Å². The number of thiocarbonyl (C=S) groups is 1. The van der Waals surface area contributed by atoms with Crippen molar-refractivity contribution in [1.82, 2.24) is 4.90 Å². The monoisotopic (exact) mass is 341 g/mol. The molecule has 1 saturated heterocycles. The van der Waals surface area contributed by atoms with Crippen LogP contribution in [0, 0.1) is 0 Å². The van der Waals surface area contributed by atoms with Gasteiger partial charge in [0.25, 0.3) is 5.91 Å². The van der Waals surface area contributed by atoms with Crippen molar-refractivity contribution < 1.29 is 14.6 Å². The van der Waals surface area contributed by atoms with E-state index in [1.54, 1.807) is 18.2 Å². The van der Waals surface area contributed by atoms with Crippen molar-refractivity contribution in [3.05, 3.63) is 40.3 Å². The second kappa shape index (κ2) is 6.51. The maximum Gasteiger partial charge on any atom is 0.266 e. The number of hydrogen-bond donors (Lipinski definition) is 1. The van der Waals surface area contributed by atoms with Crippen molar-refractivity contribution in [3.63, 3.8) is 0 Å². The molecule has 0 unspecified atom stereocenters. The highest BCUT2D eigenvalue weighted by molar-refractivity contribution is 8.26. The summed E-state index contributed by atoms with van der Waals surface area (Å²) in [6.45, 7) is 3.95. The molecule has 0 atom stereocenters. The van der Waals surface area contributed by atoms with E-state index in [9.17, 15) is 9.90 Å². The lowest BCUT2D eigenvalue weighted by atomic mass is 10.1. The topological polar surface area (TPSA) is 49.8 Å². The van der Waals surface area contributed by atoms with Crippen LogP contribution in [0.3, 0.4) is 0 Å². The number of benzene rings is 1. The number of hydrogen-bond acceptors (Lipinski definition) is 5. The van der Waals surface area contributed by atoms with Crippen molar-refractivity contribution >= 4 is 51.9 Å². The number of ether oxygens (including phenoxy) is 1. The largest absolute Gasteiger partial charge is 0.504 e. The third-order valence-electron chi connectivity index (χ3n) is 2.76. The molecule has 1 amide bonds. The molecule has 1 heterocycles. The van der Waals surface area contributed by atoms with Crippen LogP contribution in [0.1, 0.15) is 5.56 Å². The number of rotatable bonds is 4. The molecule has 1 aromatic carbocycles. The Hall–Kier alpha value is -1.50. The molecule has 0 aliphatic carbocycles. The fourth-order valence-corrected chi connectivity index (χ4v) is 3.27. The highest BCUT2D eigenvalue weighted by Gasteiger charge is 2.31. The average molecular weight is 342 g/mol. The minimum absolute atomic E-state index is 0.0733. The molecular formula is C14H12ClNO3S2. The molecule has 1 aliphatic heterocycles. The second-order valence-electron chi connectivity index (χ2n) is 4.13. The van der Waals surface area contributed by atoms with Gasteiger partial charge in [0.2, 0.25) is 0 Å². The van der Waals surface area contributed by atoms with Gasteiger partial charge in [-0.3, -0.25) is 9.69 Å². The first-order valence-electron chi connectivity index (χ1n) is 5.90. The third-order valence-corrected chi connectivity index (χ3v) is 4.36. The molecule has 21 heavy (non-hydrogen) atoms. The van der Waals surface area contributed by atoms with Crippen LogP contribution in [0.25, 0.3) is 6.08 Å². The first-order chi connectivity index (χ1) is 9.97. The van der Waals surface area contributed by atoms with Crippen LogP contribution in [0.5, 0.6) is 11.5 Å². The van der Waals surface area contributed by atoms with E-state index in [1.807, 2.05) is 0 Å². The predicted octanol–water partition coefficient (Wildman–Crippen LogP) is 3.44. The van der Waals surface area contributed by atoms with Crippen LogP contribution in [-0.4, -0.2) is 33.9 Å². The molecule has 4 nitrogen and oxygen atoms in total. The lowest BCUT2D eigenvalue weighted by Crippen LogP contribution is -2.27. The zero-order valence-corrected chi connectivity index (χ0v) is 13.5. The van der Waals surface area contributed by atoms with E-state index in [1.165, 1.54) is 29.8 Å². The SMILES string of the molecule is C=CCN1C(=O)C(=Cc2cc(Cl)cc(OC)c2O)SC1=S. The maximum atomic E-state index is 12.2. The Morgan fingerprint density at radius 1 is 1.57 bits per heavy atom. The molecular weight excluding hydrogens is 330 g/mol. The quantitative estimate of drug-likeness (QED) is 0.516. The summed E-state index contributed by atoms with van der Waals surface area (Å²) in [5.74, 6) is -0.0468. The second-order valence-corrected chi connectivity index (χ2v) is 6.24. The Morgan fingerprint density at radius 2 is 2.29 bits per heavy atom. The van der Waals surface area contributed by atoms with Crippen molar-refractivity contribution in [2.75, 3.05) is 13.7 Å². The number of aromatic hydroxyl groups is 1. The fourth-order valence-electron chi connectivity index (χ4n) is 1.79. The molecule has 0 radical (unpaired) electrons. The molecule has 0 spiro atoms. The van der Waals surface area contributed by atoms with E-state index in [0.29, 0.717) is 26.4 Å². The van der Waals surface area contributed by atoms with E-state index in [-0.39, 0.29) is 17.4 Å². The van der Waals surface area contributed by atoms with E-state index < -0.39 is 0 Å². The first kappa shape index (κ1) is 15.9. The number of nitrogens with zero attached hydrogens (tertiary/aromatic N) is 1. The van der Waals surface area contributed by atoms with Gasteiger partial charge < -0.3 is 9.84 Å². The van der Waals surface area contributed by atoms with Gasteiger partial charge >= 0.3 is 0 Å². The van der Waals surface area contributed by atoms with E-state index in [4.69, 9.17) is 28.6 Å². The van der Waals surface area contributed by atoms with Crippen LogP contribution in [0.4, 0.5) is 0 Å².